The molecular formula is C20H26N4O3S. The van der Waals surface area contributed by atoms with Gasteiger partial charge in [-0.3, -0.25) is 14.5 Å². The van der Waals surface area contributed by atoms with Crippen molar-refractivity contribution in [2.24, 2.45) is 0 Å². The molecule has 2 N–H and O–H groups in total. The second-order valence-electron chi connectivity index (χ2n) is 7.09. The van der Waals surface area contributed by atoms with Crippen molar-refractivity contribution in [1.29, 1.82) is 0 Å². The van der Waals surface area contributed by atoms with Crippen LogP contribution in [0.25, 0.3) is 0 Å². The zero-order valence-corrected chi connectivity index (χ0v) is 17.3. The van der Waals surface area contributed by atoms with E-state index in [0.717, 1.165) is 23.8 Å². The third-order valence-corrected chi connectivity index (χ3v) is 5.87. The SMILES string of the molecule is Cc1nc(C(C)C)sc1C(=O)Nc1ccc(NC(=O)CN2CCOCC2)cc1. The number of rotatable bonds is 6. The first-order valence-corrected chi connectivity index (χ1v) is 10.2. The highest BCUT2D eigenvalue weighted by Gasteiger charge is 2.17. The van der Waals surface area contributed by atoms with Gasteiger partial charge in [0, 0.05) is 30.4 Å². The van der Waals surface area contributed by atoms with E-state index in [1.54, 1.807) is 24.3 Å². The average Bonchev–Trinajstić information content (AvgIpc) is 3.06. The summed E-state index contributed by atoms with van der Waals surface area (Å²) >= 11 is 1.43. The van der Waals surface area contributed by atoms with Crippen molar-refractivity contribution in [3.05, 3.63) is 39.8 Å². The van der Waals surface area contributed by atoms with Gasteiger partial charge in [-0.05, 0) is 31.2 Å². The molecule has 0 spiro atoms. The Kier molecular flexibility index (Phi) is 6.77. The number of nitrogens with one attached hydrogen (secondary N) is 2. The van der Waals surface area contributed by atoms with E-state index < -0.39 is 0 Å². The first-order chi connectivity index (χ1) is 13.4. The summed E-state index contributed by atoms with van der Waals surface area (Å²) < 4.78 is 5.29. The molecule has 8 heteroatoms. The van der Waals surface area contributed by atoms with Gasteiger partial charge in [0.05, 0.1) is 30.5 Å². The Hall–Kier alpha value is -2.29. The van der Waals surface area contributed by atoms with Crippen LogP contribution in [0.4, 0.5) is 11.4 Å². The Morgan fingerprint density at radius 2 is 1.75 bits per heavy atom. The van der Waals surface area contributed by atoms with Gasteiger partial charge in [0.1, 0.15) is 4.88 Å². The number of nitrogens with zero attached hydrogens (tertiary/aromatic N) is 2. The van der Waals surface area contributed by atoms with Gasteiger partial charge >= 0.3 is 0 Å². The second-order valence-corrected chi connectivity index (χ2v) is 8.12. The quantitative estimate of drug-likeness (QED) is 0.776. The lowest BCUT2D eigenvalue weighted by Crippen LogP contribution is -2.41. The van der Waals surface area contributed by atoms with Gasteiger partial charge in [-0.1, -0.05) is 13.8 Å². The summed E-state index contributed by atoms with van der Waals surface area (Å²) in [6.45, 7) is 9.20. The highest BCUT2D eigenvalue weighted by molar-refractivity contribution is 7.14. The summed E-state index contributed by atoms with van der Waals surface area (Å²) in [7, 11) is 0. The fraction of sp³-hybridized carbons (Fsp3) is 0.450. The number of ether oxygens (including phenoxy) is 1. The van der Waals surface area contributed by atoms with Gasteiger partial charge in [0.15, 0.2) is 0 Å². The average molecular weight is 403 g/mol. The van der Waals surface area contributed by atoms with Gasteiger partial charge in [0.2, 0.25) is 5.91 Å². The van der Waals surface area contributed by atoms with Crippen LogP contribution in [-0.2, 0) is 9.53 Å². The van der Waals surface area contributed by atoms with E-state index in [9.17, 15) is 9.59 Å². The maximum atomic E-state index is 12.5. The molecule has 2 heterocycles. The third-order valence-electron chi connectivity index (χ3n) is 4.41. The fourth-order valence-electron chi connectivity index (χ4n) is 2.86. The third kappa shape index (κ3) is 5.37. The lowest BCUT2D eigenvalue weighted by atomic mass is 10.2. The van der Waals surface area contributed by atoms with Crippen LogP contribution in [0.2, 0.25) is 0 Å². The number of hydrogen-bond acceptors (Lipinski definition) is 6. The zero-order chi connectivity index (χ0) is 20.1. The summed E-state index contributed by atoms with van der Waals surface area (Å²) in [4.78, 5) is 31.8. The molecule has 0 radical (unpaired) electrons. The summed E-state index contributed by atoms with van der Waals surface area (Å²) in [6, 6.07) is 7.13. The number of carbonyl (C=O) groups excluding carboxylic acids is 2. The first kappa shape index (κ1) is 20.4. The maximum Gasteiger partial charge on any atom is 0.267 e. The van der Waals surface area contributed by atoms with Crippen LogP contribution in [0.1, 0.15) is 40.1 Å². The van der Waals surface area contributed by atoms with E-state index in [-0.39, 0.29) is 11.8 Å². The molecule has 0 aliphatic carbocycles. The Balaban J connectivity index is 1.55. The standard InChI is InChI=1S/C20H26N4O3S/c1-13(2)20-21-14(3)18(28-20)19(26)23-16-6-4-15(5-7-16)22-17(25)12-24-8-10-27-11-9-24/h4-7,13H,8-12H2,1-3H3,(H,22,25)(H,23,26). The molecule has 0 unspecified atom stereocenters. The summed E-state index contributed by atoms with van der Waals surface area (Å²) in [5.41, 5.74) is 2.13. The van der Waals surface area contributed by atoms with E-state index in [4.69, 9.17) is 4.74 Å². The van der Waals surface area contributed by atoms with E-state index in [2.05, 4.69) is 34.4 Å². The van der Waals surface area contributed by atoms with Crippen molar-refractivity contribution >= 4 is 34.5 Å². The van der Waals surface area contributed by atoms with E-state index in [1.165, 1.54) is 11.3 Å². The van der Waals surface area contributed by atoms with Crippen LogP contribution in [0.3, 0.4) is 0 Å². The minimum Gasteiger partial charge on any atom is -0.379 e. The number of carbonyl (C=O) groups is 2. The molecule has 1 aromatic carbocycles. The van der Waals surface area contributed by atoms with Crippen LogP contribution in [-0.4, -0.2) is 54.5 Å². The van der Waals surface area contributed by atoms with Crippen molar-refractivity contribution in [3.63, 3.8) is 0 Å². The number of benzene rings is 1. The summed E-state index contributed by atoms with van der Waals surface area (Å²) in [6.07, 6.45) is 0. The number of thiazole rings is 1. The van der Waals surface area contributed by atoms with Crippen LogP contribution in [0.15, 0.2) is 24.3 Å². The van der Waals surface area contributed by atoms with Crippen LogP contribution in [0, 0.1) is 6.92 Å². The molecule has 150 valence electrons. The van der Waals surface area contributed by atoms with Crippen molar-refractivity contribution in [2.75, 3.05) is 43.5 Å². The molecule has 0 bridgehead atoms. The van der Waals surface area contributed by atoms with Gasteiger partial charge in [-0.2, -0.15) is 0 Å². The summed E-state index contributed by atoms with van der Waals surface area (Å²) in [5.74, 6) is 0.0804. The molecule has 1 fully saturated rings. The number of morpholine rings is 1. The molecule has 3 rings (SSSR count). The van der Waals surface area contributed by atoms with Crippen LogP contribution < -0.4 is 10.6 Å². The van der Waals surface area contributed by atoms with E-state index >= 15 is 0 Å². The number of amides is 2. The maximum absolute atomic E-state index is 12.5. The zero-order valence-electron chi connectivity index (χ0n) is 16.4. The molecule has 0 atom stereocenters. The number of anilines is 2. The number of hydrogen-bond donors (Lipinski definition) is 2. The number of aromatic nitrogens is 1. The van der Waals surface area contributed by atoms with Crippen LogP contribution >= 0.6 is 11.3 Å². The summed E-state index contributed by atoms with van der Waals surface area (Å²) in [5, 5.41) is 6.74. The van der Waals surface area contributed by atoms with Gasteiger partial charge < -0.3 is 15.4 Å². The molecule has 7 nitrogen and oxygen atoms in total. The normalized spacial score (nSPS) is 14.9. The fourth-order valence-corrected chi connectivity index (χ4v) is 3.83. The number of aryl methyl sites for hydroxylation is 1. The van der Waals surface area contributed by atoms with Gasteiger partial charge in [-0.15, -0.1) is 11.3 Å². The Bertz CT molecular complexity index is 826. The van der Waals surface area contributed by atoms with Crippen LogP contribution in [0.5, 0.6) is 0 Å². The second kappa shape index (κ2) is 9.27. The van der Waals surface area contributed by atoms with Gasteiger partial charge in [-0.25, -0.2) is 4.98 Å². The predicted octanol–water partition coefficient (Wildman–Crippen LogP) is 3.10. The minimum absolute atomic E-state index is 0.0554. The Labute approximate surface area is 169 Å². The van der Waals surface area contributed by atoms with E-state index in [0.29, 0.717) is 41.9 Å². The molecule has 1 aliphatic heterocycles. The lowest BCUT2D eigenvalue weighted by molar-refractivity contribution is -0.118. The molecule has 0 saturated carbocycles. The molecule has 1 saturated heterocycles. The molecular weight excluding hydrogens is 376 g/mol. The molecule has 28 heavy (non-hydrogen) atoms. The highest BCUT2D eigenvalue weighted by Crippen LogP contribution is 2.25. The van der Waals surface area contributed by atoms with Gasteiger partial charge in [0.25, 0.3) is 5.91 Å². The van der Waals surface area contributed by atoms with E-state index in [1.807, 2.05) is 6.92 Å². The molecule has 1 aliphatic rings. The Morgan fingerprint density at radius 3 is 2.32 bits per heavy atom. The molecule has 2 amide bonds. The molecule has 2 aromatic rings. The topological polar surface area (TPSA) is 83.6 Å². The molecule has 1 aromatic heterocycles. The van der Waals surface area contributed by atoms with Crippen molar-refractivity contribution in [2.45, 2.75) is 26.7 Å². The lowest BCUT2D eigenvalue weighted by Gasteiger charge is -2.25. The predicted molar refractivity (Wildman–Crippen MR) is 111 cm³/mol. The minimum atomic E-state index is -0.161. The van der Waals surface area contributed by atoms with Crippen molar-refractivity contribution < 1.29 is 14.3 Å². The Morgan fingerprint density at radius 1 is 1.14 bits per heavy atom. The largest absolute Gasteiger partial charge is 0.379 e. The van der Waals surface area contributed by atoms with Crippen molar-refractivity contribution in [3.8, 4) is 0 Å². The highest BCUT2D eigenvalue weighted by atomic mass is 32.1. The smallest absolute Gasteiger partial charge is 0.267 e. The van der Waals surface area contributed by atoms with Crippen molar-refractivity contribution in [1.82, 2.24) is 9.88 Å². The monoisotopic (exact) mass is 402 g/mol. The first-order valence-electron chi connectivity index (χ1n) is 9.41.